The van der Waals surface area contributed by atoms with E-state index in [4.69, 9.17) is 4.98 Å². The zero-order valence-corrected chi connectivity index (χ0v) is 24.2. The number of hydrogen-bond acceptors (Lipinski definition) is 4. The Labute approximate surface area is 225 Å². The summed E-state index contributed by atoms with van der Waals surface area (Å²) in [6.07, 6.45) is 6.59. The van der Waals surface area contributed by atoms with Gasteiger partial charge in [0.1, 0.15) is 17.2 Å². The van der Waals surface area contributed by atoms with Crippen molar-refractivity contribution < 1.29 is 9.35 Å². The first-order valence-corrected chi connectivity index (χ1v) is 14.5. The van der Waals surface area contributed by atoms with Crippen LogP contribution < -0.4 is 9.62 Å². The number of fused-ring (bicyclic) bond motifs is 1. The Bertz CT molecular complexity index is 1230. The molecule has 1 aliphatic carbocycles. The van der Waals surface area contributed by atoms with Gasteiger partial charge in [-0.2, -0.15) is 4.31 Å². The number of carbonyl (C=O) groups is 1. The third-order valence-electron chi connectivity index (χ3n) is 7.18. The molecule has 37 heavy (non-hydrogen) atoms. The Balaban J connectivity index is 1.56. The van der Waals surface area contributed by atoms with Gasteiger partial charge in [-0.25, -0.2) is 4.98 Å². The molecule has 6 nitrogen and oxygen atoms in total. The van der Waals surface area contributed by atoms with Gasteiger partial charge in [-0.15, -0.1) is 0 Å². The number of amides is 1. The fraction of sp³-hybridized carbons (Fsp3) is 0.533. The largest absolute Gasteiger partial charge is 0.588 e. The van der Waals surface area contributed by atoms with E-state index in [9.17, 15) is 9.35 Å². The van der Waals surface area contributed by atoms with E-state index in [1.807, 2.05) is 33.9 Å². The van der Waals surface area contributed by atoms with Crippen LogP contribution in [0.2, 0.25) is 0 Å². The second-order valence-electron chi connectivity index (χ2n) is 12.4. The molecular weight excluding hydrogens is 480 g/mol. The van der Waals surface area contributed by atoms with E-state index >= 15 is 0 Å². The Hall–Kier alpha value is -2.51. The van der Waals surface area contributed by atoms with E-state index in [0.717, 1.165) is 29.1 Å². The summed E-state index contributed by atoms with van der Waals surface area (Å²) in [4.78, 5) is 18.0. The van der Waals surface area contributed by atoms with Gasteiger partial charge in [0.25, 0.3) is 0 Å². The van der Waals surface area contributed by atoms with Gasteiger partial charge in [0.2, 0.25) is 5.91 Å². The molecule has 3 aromatic rings. The van der Waals surface area contributed by atoms with Crippen molar-refractivity contribution in [1.29, 1.82) is 0 Å². The molecule has 1 atom stereocenters. The third-order valence-corrected chi connectivity index (χ3v) is 8.56. The minimum Gasteiger partial charge on any atom is -0.588 e. The summed E-state index contributed by atoms with van der Waals surface area (Å²) in [6, 6.07) is 13.4. The topological polar surface area (TPSA) is 73.2 Å². The Morgan fingerprint density at radius 2 is 1.70 bits per heavy atom. The van der Waals surface area contributed by atoms with Gasteiger partial charge in [-0.1, -0.05) is 60.8 Å². The van der Waals surface area contributed by atoms with E-state index in [-0.39, 0.29) is 11.3 Å². The molecule has 1 amide bonds. The summed E-state index contributed by atoms with van der Waals surface area (Å²) in [7, 11) is 1.84. The average Bonchev–Trinajstić information content (AvgIpc) is 3.22. The minimum atomic E-state index is -1.40. The highest BCUT2D eigenvalue weighted by Crippen LogP contribution is 2.33. The number of imidazole rings is 1. The molecule has 1 heterocycles. The first-order valence-electron chi connectivity index (χ1n) is 13.4. The molecule has 1 saturated carbocycles. The molecule has 200 valence electrons. The van der Waals surface area contributed by atoms with Gasteiger partial charge in [-0.3, -0.25) is 4.79 Å². The zero-order chi connectivity index (χ0) is 27.0. The Morgan fingerprint density at radius 3 is 2.30 bits per heavy atom. The lowest BCUT2D eigenvalue weighted by atomic mass is 9.88. The lowest BCUT2D eigenvalue weighted by molar-refractivity contribution is -0.123. The minimum absolute atomic E-state index is 0.0515. The number of hydrogen-bond donors (Lipinski definition) is 1. The van der Waals surface area contributed by atoms with Crippen LogP contribution in [-0.2, 0) is 28.1 Å². The van der Waals surface area contributed by atoms with Gasteiger partial charge in [0.15, 0.2) is 4.90 Å². The molecule has 0 spiro atoms. The standard InChI is InChI=1S/C30H42N4O2S/c1-29(2,3)27-32-25-19-23(15-18-26(25)34(27)20-21-11-9-8-10-12-21)33(7)37(36)24-16-13-22(14-17-24)31-28(35)30(4,5)6/h13-19,21H,8-12,20H2,1-7H3,(H,31,35). The van der Waals surface area contributed by atoms with Crippen LogP contribution in [0, 0.1) is 11.3 Å². The van der Waals surface area contributed by atoms with Crippen LogP contribution in [0.4, 0.5) is 11.4 Å². The number of aromatic nitrogens is 2. The van der Waals surface area contributed by atoms with Crippen molar-refractivity contribution in [1.82, 2.24) is 9.55 Å². The molecule has 1 fully saturated rings. The number of carbonyl (C=O) groups excluding carboxylic acids is 1. The molecular formula is C30H42N4O2S. The van der Waals surface area contributed by atoms with Crippen LogP contribution in [-0.4, -0.2) is 27.1 Å². The highest BCUT2D eigenvalue weighted by molar-refractivity contribution is 7.92. The molecule has 7 heteroatoms. The van der Waals surface area contributed by atoms with Crippen molar-refractivity contribution in [3.63, 3.8) is 0 Å². The van der Waals surface area contributed by atoms with Crippen LogP contribution >= 0.6 is 0 Å². The third kappa shape index (κ3) is 6.32. The van der Waals surface area contributed by atoms with Crippen LogP contribution in [0.15, 0.2) is 47.4 Å². The SMILES string of the molecule is CN(c1ccc2c(c1)nc(C(C)(C)C)n2CC1CCCCC1)[S+]([O-])c1ccc(NC(=O)C(C)(C)C)cc1. The number of nitrogens with zero attached hydrogens (tertiary/aromatic N) is 3. The first-order chi connectivity index (χ1) is 17.3. The molecule has 1 aromatic heterocycles. The lowest BCUT2D eigenvalue weighted by Crippen LogP contribution is -2.28. The van der Waals surface area contributed by atoms with Crippen molar-refractivity contribution in [2.75, 3.05) is 16.7 Å². The van der Waals surface area contributed by atoms with E-state index in [1.54, 1.807) is 28.6 Å². The average molecular weight is 523 g/mol. The van der Waals surface area contributed by atoms with Crippen LogP contribution in [0.3, 0.4) is 0 Å². The zero-order valence-electron chi connectivity index (χ0n) is 23.4. The van der Waals surface area contributed by atoms with Gasteiger partial charge in [-0.05, 0) is 61.2 Å². The Morgan fingerprint density at radius 1 is 1.05 bits per heavy atom. The summed E-state index contributed by atoms with van der Waals surface area (Å²) in [6.45, 7) is 13.3. The maximum atomic E-state index is 13.4. The fourth-order valence-electron chi connectivity index (χ4n) is 4.93. The van der Waals surface area contributed by atoms with Gasteiger partial charge >= 0.3 is 0 Å². The van der Waals surface area contributed by atoms with Crippen molar-refractivity contribution in [2.45, 2.75) is 90.5 Å². The molecule has 4 rings (SSSR count). The van der Waals surface area contributed by atoms with Crippen molar-refractivity contribution >= 4 is 39.7 Å². The summed E-state index contributed by atoms with van der Waals surface area (Å²) in [5.41, 5.74) is 3.12. The molecule has 0 saturated heterocycles. The van der Waals surface area contributed by atoms with Crippen LogP contribution in [0.1, 0.15) is 79.5 Å². The fourth-order valence-corrected chi connectivity index (χ4v) is 5.92. The van der Waals surface area contributed by atoms with Crippen LogP contribution in [0.5, 0.6) is 0 Å². The van der Waals surface area contributed by atoms with Crippen molar-refractivity contribution in [3.8, 4) is 0 Å². The molecule has 0 aliphatic heterocycles. The monoisotopic (exact) mass is 522 g/mol. The normalized spacial score (nSPS) is 16.1. The van der Waals surface area contributed by atoms with Gasteiger partial charge in [0.05, 0.1) is 23.8 Å². The van der Waals surface area contributed by atoms with E-state index < -0.39 is 16.8 Å². The molecule has 1 aliphatic rings. The number of anilines is 2. The maximum Gasteiger partial charge on any atom is 0.229 e. The number of benzene rings is 2. The van der Waals surface area contributed by atoms with Crippen LogP contribution in [0.25, 0.3) is 11.0 Å². The van der Waals surface area contributed by atoms with Crippen molar-refractivity contribution in [2.24, 2.45) is 11.3 Å². The second-order valence-corrected chi connectivity index (χ2v) is 14.0. The van der Waals surface area contributed by atoms with Gasteiger partial charge in [0, 0.05) is 23.1 Å². The molecule has 0 radical (unpaired) electrons. The van der Waals surface area contributed by atoms with E-state index in [2.05, 4.69) is 42.8 Å². The van der Waals surface area contributed by atoms with E-state index in [0.29, 0.717) is 16.5 Å². The number of rotatable bonds is 6. The maximum absolute atomic E-state index is 13.4. The summed E-state index contributed by atoms with van der Waals surface area (Å²) in [5, 5.41) is 2.92. The molecule has 0 bridgehead atoms. The summed E-state index contributed by atoms with van der Waals surface area (Å²) in [5.74, 6) is 1.77. The first kappa shape index (κ1) is 27.5. The Kier molecular flexibility index (Phi) is 7.96. The summed E-state index contributed by atoms with van der Waals surface area (Å²) < 4.78 is 17.6. The molecule has 2 aromatic carbocycles. The predicted octanol–water partition coefficient (Wildman–Crippen LogP) is 7.06. The highest BCUT2D eigenvalue weighted by Gasteiger charge is 2.27. The van der Waals surface area contributed by atoms with Gasteiger partial charge < -0.3 is 14.4 Å². The summed E-state index contributed by atoms with van der Waals surface area (Å²) >= 11 is -1.40. The highest BCUT2D eigenvalue weighted by atomic mass is 32.2. The molecule has 1 N–H and O–H groups in total. The second kappa shape index (κ2) is 10.7. The predicted molar refractivity (Wildman–Crippen MR) is 154 cm³/mol. The smallest absolute Gasteiger partial charge is 0.229 e. The lowest BCUT2D eigenvalue weighted by Gasteiger charge is -2.26. The number of nitrogens with one attached hydrogen (secondary N) is 1. The van der Waals surface area contributed by atoms with Crippen molar-refractivity contribution in [3.05, 3.63) is 48.3 Å². The van der Waals surface area contributed by atoms with E-state index in [1.165, 1.54) is 32.1 Å². The quantitative estimate of drug-likeness (QED) is 0.352. The molecule has 1 unspecified atom stereocenters.